The number of nitrogens with zero attached hydrogens (tertiary/aromatic N) is 2. The van der Waals surface area contributed by atoms with Crippen molar-refractivity contribution < 1.29 is 0 Å². The molecule has 0 fully saturated rings. The van der Waals surface area contributed by atoms with Gasteiger partial charge in [0.2, 0.25) is 0 Å². The third kappa shape index (κ3) is 3.69. The van der Waals surface area contributed by atoms with E-state index in [1.165, 1.54) is 5.56 Å². The monoisotopic (exact) mass is 291 g/mol. The molecule has 0 atom stereocenters. The molecule has 1 aromatic heterocycles. The minimum Gasteiger partial charge on any atom is -0.311 e. The summed E-state index contributed by atoms with van der Waals surface area (Å²) in [4.78, 5) is 6.86. The molecule has 0 amide bonds. The van der Waals surface area contributed by atoms with Crippen LogP contribution in [-0.4, -0.2) is 36.1 Å². The lowest BCUT2D eigenvalue weighted by molar-refractivity contribution is 0.302. The van der Waals surface area contributed by atoms with Crippen LogP contribution in [0.25, 0.3) is 10.9 Å². The maximum absolute atomic E-state index is 6.20. The van der Waals surface area contributed by atoms with Crippen LogP contribution in [0.1, 0.15) is 19.4 Å². The van der Waals surface area contributed by atoms with Gasteiger partial charge >= 0.3 is 0 Å². The minimum absolute atomic E-state index is 0.764. The largest absolute Gasteiger partial charge is 0.311 e. The number of benzene rings is 1. The van der Waals surface area contributed by atoms with Crippen LogP contribution in [0, 0.1) is 0 Å². The van der Waals surface area contributed by atoms with Gasteiger partial charge in [0, 0.05) is 36.2 Å². The number of halogens is 1. The Morgan fingerprint density at radius 2 is 2.00 bits per heavy atom. The molecule has 0 spiro atoms. The number of nitrogens with one attached hydrogen (secondary N) is 1. The first kappa shape index (κ1) is 15.2. The second kappa shape index (κ2) is 7.58. The lowest BCUT2D eigenvalue weighted by Crippen LogP contribution is -2.31. The van der Waals surface area contributed by atoms with Crippen molar-refractivity contribution in [2.75, 3.05) is 26.2 Å². The Balaban J connectivity index is 1.98. The maximum Gasteiger partial charge on any atom is 0.0761 e. The van der Waals surface area contributed by atoms with Crippen LogP contribution < -0.4 is 5.32 Å². The Hall–Kier alpha value is -1.16. The molecule has 1 heterocycles. The van der Waals surface area contributed by atoms with E-state index in [0.29, 0.717) is 0 Å². The number of hydrogen-bond acceptors (Lipinski definition) is 3. The van der Waals surface area contributed by atoms with Gasteiger partial charge in [-0.2, -0.15) is 0 Å². The molecule has 1 aromatic carbocycles. The van der Waals surface area contributed by atoms with Gasteiger partial charge in [-0.3, -0.25) is 4.98 Å². The molecule has 4 heteroatoms. The molecule has 0 radical (unpaired) electrons. The van der Waals surface area contributed by atoms with E-state index < -0.39 is 0 Å². The lowest BCUT2D eigenvalue weighted by atomic mass is 10.1. The summed E-state index contributed by atoms with van der Waals surface area (Å²) in [5, 5.41) is 5.28. The Morgan fingerprint density at radius 3 is 2.75 bits per heavy atom. The lowest BCUT2D eigenvalue weighted by Gasteiger charge is -2.18. The average molecular weight is 292 g/mol. The van der Waals surface area contributed by atoms with E-state index >= 15 is 0 Å². The molecule has 0 aliphatic rings. The summed E-state index contributed by atoms with van der Waals surface area (Å²) in [5.41, 5.74) is 2.19. The molecule has 0 bridgehead atoms. The van der Waals surface area contributed by atoms with Crippen molar-refractivity contribution in [3.05, 3.63) is 41.0 Å². The van der Waals surface area contributed by atoms with Crippen LogP contribution in [0.2, 0.25) is 5.02 Å². The van der Waals surface area contributed by atoms with Crippen LogP contribution in [0.4, 0.5) is 0 Å². The molecule has 3 nitrogen and oxygen atoms in total. The zero-order valence-electron chi connectivity index (χ0n) is 12.2. The van der Waals surface area contributed by atoms with Gasteiger partial charge in [0.05, 0.1) is 5.52 Å². The molecule has 20 heavy (non-hydrogen) atoms. The third-order valence-electron chi connectivity index (χ3n) is 3.61. The number of likely N-dealkylation sites (N-methyl/N-ethyl adjacent to an activating group) is 1. The first-order valence-electron chi connectivity index (χ1n) is 7.21. The molecule has 1 N–H and O–H groups in total. The van der Waals surface area contributed by atoms with Crippen LogP contribution in [0.15, 0.2) is 30.5 Å². The normalized spacial score (nSPS) is 11.4. The summed E-state index contributed by atoms with van der Waals surface area (Å²) in [6.07, 6.45) is 1.82. The highest BCUT2D eigenvalue weighted by Gasteiger charge is 2.05. The fourth-order valence-electron chi connectivity index (χ4n) is 2.34. The van der Waals surface area contributed by atoms with Gasteiger partial charge in [-0.25, -0.2) is 0 Å². The Labute approximate surface area is 126 Å². The first-order valence-corrected chi connectivity index (χ1v) is 7.59. The van der Waals surface area contributed by atoms with Gasteiger partial charge in [-0.05, 0) is 36.9 Å². The summed E-state index contributed by atoms with van der Waals surface area (Å²) < 4.78 is 0. The smallest absolute Gasteiger partial charge is 0.0761 e. The second-order valence-electron chi connectivity index (χ2n) is 4.81. The van der Waals surface area contributed by atoms with Crippen LogP contribution in [0.3, 0.4) is 0 Å². The first-order chi connectivity index (χ1) is 9.76. The summed E-state index contributed by atoms with van der Waals surface area (Å²) >= 11 is 6.20. The molecule has 2 rings (SSSR count). The van der Waals surface area contributed by atoms with E-state index in [2.05, 4.69) is 35.1 Å². The van der Waals surface area contributed by atoms with Gasteiger partial charge in [0.15, 0.2) is 0 Å². The van der Waals surface area contributed by atoms with Crippen molar-refractivity contribution >= 4 is 22.5 Å². The molecular weight excluding hydrogens is 270 g/mol. The summed E-state index contributed by atoms with van der Waals surface area (Å²) in [6, 6.07) is 7.95. The SMILES string of the molecule is CCN(CC)CCNCc1ccc(Cl)c2cccnc12. The highest BCUT2D eigenvalue weighted by molar-refractivity contribution is 6.35. The minimum atomic E-state index is 0.764. The number of fused-ring (bicyclic) bond motifs is 1. The predicted molar refractivity (Wildman–Crippen MR) is 86.2 cm³/mol. The van der Waals surface area contributed by atoms with Gasteiger partial charge in [0.1, 0.15) is 0 Å². The topological polar surface area (TPSA) is 28.2 Å². The molecule has 0 aliphatic heterocycles. The molecule has 0 aliphatic carbocycles. The molecule has 0 saturated carbocycles. The quantitative estimate of drug-likeness (QED) is 0.793. The van der Waals surface area contributed by atoms with E-state index in [0.717, 1.165) is 48.6 Å². The summed E-state index contributed by atoms with van der Waals surface area (Å²) in [6.45, 7) is 9.48. The van der Waals surface area contributed by atoms with Crippen LogP contribution in [0.5, 0.6) is 0 Å². The van der Waals surface area contributed by atoms with E-state index in [1.54, 1.807) is 0 Å². The molecule has 0 saturated heterocycles. The number of hydrogen-bond donors (Lipinski definition) is 1. The highest BCUT2D eigenvalue weighted by atomic mass is 35.5. The van der Waals surface area contributed by atoms with Gasteiger partial charge in [0.25, 0.3) is 0 Å². The van der Waals surface area contributed by atoms with Gasteiger partial charge in [-0.15, -0.1) is 0 Å². The highest BCUT2D eigenvalue weighted by Crippen LogP contribution is 2.24. The second-order valence-corrected chi connectivity index (χ2v) is 5.22. The predicted octanol–water partition coefficient (Wildman–Crippen LogP) is 3.32. The van der Waals surface area contributed by atoms with Crippen LogP contribution >= 0.6 is 11.6 Å². The molecule has 0 unspecified atom stereocenters. The van der Waals surface area contributed by atoms with Crippen molar-refractivity contribution in [3.63, 3.8) is 0 Å². The zero-order valence-corrected chi connectivity index (χ0v) is 13.0. The Morgan fingerprint density at radius 1 is 1.20 bits per heavy atom. The van der Waals surface area contributed by atoms with Crippen molar-refractivity contribution in [1.29, 1.82) is 0 Å². The Bertz CT molecular complexity index is 552. The van der Waals surface area contributed by atoms with Crippen LogP contribution in [-0.2, 0) is 6.54 Å². The van der Waals surface area contributed by atoms with Crippen molar-refractivity contribution in [2.24, 2.45) is 0 Å². The third-order valence-corrected chi connectivity index (χ3v) is 3.94. The van der Waals surface area contributed by atoms with Crippen molar-refractivity contribution in [1.82, 2.24) is 15.2 Å². The van der Waals surface area contributed by atoms with E-state index in [1.807, 2.05) is 24.4 Å². The zero-order chi connectivity index (χ0) is 14.4. The maximum atomic E-state index is 6.20. The van der Waals surface area contributed by atoms with E-state index in [4.69, 9.17) is 11.6 Å². The standard InChI is InChI=1S/C16H22ClN3/c1-3-20(4-2)11-10-18-12-13-7-8-15(17)14-6-5-9-19-16(13)14/h5-9,18H,3-4,10-12H2,1-2H3. The van der Waals surface area contributed by atoms with E-state index in [-0.39, 0.29) is 0 Å². The number of rotatable bonds is 7. The summed E-state index contributed by atoms with van der Waals surface area (Å²) in [7, 11) is 0. The fourth-order valence-corrected chi connectivity index (χ4v) is 2.55. The average Bonchev–Trinajstić information content (AvgIpc) is 2.50. The fraction of sp³-hybridized carbons (Fsp3) is 0.438. The van der Waals surface area contributed by atoms with E-state index in [9.17, 15) is 0 Å². The van der Waals surface area contributed by atoms with Crippen molar-refractivity contribution in [2.45, 2.75) is 20.4 Å². The van der Waals surface area contributed by atoms with Gasteiger partial charge in [-0.1, -0.05) is 31.5 Å². The molecule has 108 valence electrons. The number of aromatic nitrogens is 1. The van der Waals surface area contributed by atoms with Gasteiger partial charge < -0.3 is 10.2 Å². The molecule has 2 aromatic rings. The Kier molecular flexibility index (Phi) is 5.77. The number of pyridine rings is 1. The van der Waals surface area contributed by atoms with Crippen molar-refractivity contribution in [3.8, 4) is 0 Å². The molecular formula is C16H22ClN3. The summed E-state index contributed by atoms with van der Waals surface area (Å²) in [5.74, 6) is 0.